The molecule has 3 heterocycles. The Bertz CT molecular complexity index is 1190. The lowest BCUT2D eigenvalue weighted by atomic mass is 10.0. The van der Waals surface area contributed by atoms with Crippen LogP contribution in [0.1, 0.15) is 54.9 Å². The van der Waals surface area contributed by atoms with Crippen LogP contribution in [0, 0.1) is 0 Å². The molecule has 6 heteroatoms. The number of carbonyl (C=O) groups excluding carboxylic acids is 1. The second-order valence-electron chi connectivity index (χ2n) is 8.23. The molecule has 0 bridgehead atoms. The molecule has 2 aromatic carbocycles. The molecule has 1 N–H and O–H groups in total. The lowest BCUT2D eigenvalue weighted by Crippen LogP contribution is -2.24. The SMILES string of the molecule is CC(C)c1ccc(N2CC(c3noc(Cc4c[nH]c5ccccc45)n3)CC2=O)cc1. The second kappa shape index (κ2) is 7.44. The predicted molar refractivity (Wildman–Crippen MR) is 116 cm³/mol. The summed E-state index contributed by atoms with van der Waals surface area (Å²) in [6, 6.07) is 16.4. The van der Waals surface area contributed by atoms with Gasteiger partial charge in [-0.15, -0.1) is 0 Å². The smallest absolute Gasteiger partial charge is 0.231 e. The number of hydrogen-bond donors (Lipinski definition) is 1. The molecule has 1 saturated heterocycles. The van der Waals surface area contributed by atoms with Gasteiger partial charge in [0.1, 0.15) is 0 Å². The maximum Gasteiger partial charge on any atom is 0.231 e. The number of nitrogens with zero attached hydrogens (tertiary/aromatic N) is 3. The van der Waals surface area contributed by atoms with Gasteiger partial charge in [-0.05, 0) is 35.2 Å². The quantitative estimate of drug-likeness (QED) is 0.523. The summed E-state index contributed by atoms with van der Waals surface area (Å²) in [6.07, 6.45) is 2.95. The highest BCUT2D eigenvalue weighted by Gasteiger charge is 2.34. The summed E-state index contributed by atoms with van der Waals surface area (Å²) >= 11 is 0. The van der Waals surface area contributed by atoms with E-state index in [0.717, 1.165) is 22.2 Å². The van der Waals surface area contributed by atoms with E-state index in [1.54, 1.807) is 0 Å². The maximum absolute atomic E-state index is 12.6. The molecule has 5 rings (SSSR count). The van der Waals surface area contributed by atoms with Gasteiger partial charge in [0.05, 0.1) is 6.42 Å². The maximum atomic E-state index is 12.6. The van der Waals surface area contributed by atoms with Crippen LogP contribution in [0.3, 0.4) is 0 Å². The molecule has 4 aromatic rings. The van der Waals surface area contributed by atoms with Crippen LogP contribution < -0.4 is 4.90 Å². The minimum absolute atomic E-state index is 0.0530. The van der Waals surface area contributed by atoms with Crippen LogP contribution in [0.15, 0.2) is 59.3 Å². The Morgan fingerprint density at radius 2 is 1.97 bits per heavy atom. The van der Waals surface area contributed by atoms with Crippen molar-refractivity contribution >= 4 is 22.5 Å². The van der Waals surface area contributed by atoms with Crippen molar-refractivity contribution in [2.45, 2.75) is 38.5 Å². The molecule has 2 aromatic heterocycles. The largest absolute Gasteiger partial charge is 0.361 e. The van der Waals surface area contributed by atoms with Crippen molar-refractivity contribution in [2.24, 2.45) is 0 Å². The summed E-state index contributed by atoms with van der Waals surface area (Å²) in [6.45, 7) is 4.90. The summed E-state index contributed by atoms with van der Waals surface area (Å²) in [4.78, 5) is 22.3. The van der Waals surface area contributed by atoms with Crippen LogP contribution in [0.5, 0.6) is 0 Å². The number of H-pyrrole nitrogens is 1. The highest BCUT2D eigenvalue weighted by Crippen LogP contribution is 2.31. The van der Waals surface area contributed by atoms with Gasteiger partial charge in [-0.2, -0.15) is 4.98 Å². The number of carbonyl (C=O) groups is 1. The van der Waals surface area contributed by atoms with Gasteiger partial charge in [-0.1, -0.05) is 49.3 Å². The van der Waals surface area contributed by atoms with Crippen molar-refractivity contribution in [3.05, 3.63) is 77.6 Å². The predicted octanol–water partition coefficient (Wildman–Crippen LogP) is 4.79. The normalized spacial score (nSPS) is 16.8. The molecule has 30 heavy (non-hydrogen) atoms. The average Bonchev–Trinajstić information content (AvgIpc) is 3.47. The highest BCUT2D eigenvalue weighted by atomic mass is 16.5. The van der Waals surface area contributed by atoms with Crippen LogP contribution in [0.2, 0.25) is 0 Å². The monoisotopic (exact) mass is 400 g/mol. The molecule has 0 spiro atoms. The summed E-state index contributed by atoms with van der Waals surface area (Å²) < 4.78 is 5.51. The molecule has 1 aliphatic heterocycles. The Kier molecular flexibility index (Phi) is 4.62. The topological polar surface area (TPSA) is 75.0 Å². The fourth-order valence-corrected chi connectivity index (χ4v) is 4.12. The molecule has 1 atom stereocenters. The van der Waals surface area contributed by atoms with Crippen LogP contribution in [-0.4, -0.2) is 27.6 Å². The van der Waals surface area contributed by atoms with E-state index >= 15 is 0 Å². The Labute approximate surface area is 174 Å². The zero-order chi connectivity index (χ0) is 20.7. The van der Waals surface area contributed by atoms with E-state index in [2.05, 4.69) is 47.2 Å². The van der Waals surface area contributed by atoms with Gasteiger partial charge < -0.3 is 14.4 Å². The van der Waals surface area contributed by atoms with Crippen molar-refractivity contribution in [1.29, 1.82) is 0 Å². The number of hydrogen-bond acceptors (Lipinski definition) is 4. The van der Waals surface area contributed by atoms with Crippen LogP contribution in [0.4, 0.5) is 5.69 Å². The van der Waals surface area contributed by atoms with Crippen molar-refractivity contribution in [3.63, 3.8) is 0 Å². The molecule has 0 radical (unpaired) electrons. The Morgan fingerprint density at radius 3 is 2.77 bits per heavy atom. The van der Waals surface area contributed by atoms with E-state index in [4.69, 9.17) is 4.52 Å². The first kappa shape index (κ1) is 18.6. The minimum Gasteiger partial charge on any atom is -0.361 e. The number of amides is 1. The molecule has 0 aliphatic carbocycles. The van der Waals surface area contributed by atoms with Gasteiger partial charge >= 0.3 is 0 Å². The standard InChI is InChI=1S/C24H24N4O2/c1-15(2)16-7-9-19(10-8-16)28-14-18(12-23(28)29)24-26-22(30-27-24)11-17-13-25-21-6-4-3-5-20(17)21/h3-10,13,15,18,25H,11-12,14H2,1-2H3. The Hall–Kier alpha value is -3.41. The van der Waals surface area contributed by atoms with Crippen LogP contribution in [0.25, 0.3) is 10.9 Å². The molecular weight excluding hydrogens is 376 g/mol. The van der Waals surface area contributed by atoms with E-state index in [1.807, 2.05) is 41.4 Å². The van der Waals surface area contributed by atoms with Crippen LogP contribution in [-0.2, 0) is 11.2 Å². The van der Waals surface area contributed by atoms with Gasteiger partial charge in [0, 0.05) is 41.7 Å². The molecule has 6 nitrogen and oxygen atoms in total. The Morgan fingerprint density at radius 1 is 1.17 bits per heavy atom. The van der Waals surface area contributed by atoms with Crippen molar-refractivity contribution in [3.8, 4) is 0 Å². The average molecular weight is 400 g/mol. The fourth-order valence-electron chi connectivity index (χ4n) is 4.12. The number of nitrogens with one attached hydrogen (secondary N) is 1. The number of aromatic amines is 1. The summed E-state index contributed by atoms with van der Waals surface area (Å²) in [5.41, 5.74) is 4.40. The summed E-state index contributed by atoms with van der Waals surface area (Å²) in [5.74, 6) is 1.69. The van der Waals surface area contributed by atoms with Gasteiger partial charge in [-0.25, -0.2) is 0 Å². The molecule has 1 unspecified atom stereocenters. The van der Waals surface area contributed by atoms with E-state index in [9.17, 15) is 4.79 Å². The number of fused-ring (bicyclic) bond motifs is 1. The van der Waals surface area contributed by atoms with E-state index in [1.165, 1.54) is 5.56 Å². The van der Waals surface area contributed by atoms with Gasteiger partial charge in [0.25, 0.3) is 0 Å². The van der Waals surface area contributed by atoms with Crippen molar-refractivity contribution in [2.75, 3.05) is 11.4 Å². The third-order valence-electron chi connectivity index (χ3n) is 5.86. The van der Waals surface area contributed by atoms with Gasteiger partial charge in [0.2, 0.25) is 11.8 Å². The zero-order valence-corrected chi connectivity index (χ0v) is 17.1. The van der Waals surface area contributed by atoms with E-state index in [-0.39, 0.29) is 11.8 Å². The molecule has 1 fully saturated rings. The van der Waals surface area contributed by atoms with Gasteiger partial charge in [-0.3, -0.25) is 4.79 Å². The number of anilines is 1. The third-order valence-corrected chi connectivity index (χ3v) is 5.86. The second-order valence-corrected chi connectivity index (χ2v) is 8.23. The number of rotatable bonds is 5. The first-order chi connectivity index (χ1) is 14.6. The molecule has 1 amide bonds. The summed E-state index contributed by atoms with van der Waals surface area (Å²) in [5, 5.41) is 5.34. The molecule has 1 aliphatic rings. The third kappa shape index (κ3) is 3.38. The summed E-state index contributed by atoms with van der Waals surface area (Å²) in [7, 11) is 0. The lowest BCUT2D eigenvalue weighted by molar-refractivity contribution is -0.117. The molecular formula is C24H24N4O2. The van der Waals surface area contributed by atoms with Crippen molar-refractivity contribution < 1.29 is 9.32 Å². The zero-order valence-electron chi connectivity index (χ0n) is 17.1. The fraction of sp³-hybridized carbons (Fsp3) is 0.292. The van der Waals surface area contributed by atoms with Gasteiger partial charge in [0.15, 0.2) is 5.82 Å². The first-order valence-corrected chi connectivity index (χ1v) is 10.4. The number of para-hydroxylation sites is 1. The number of benzene rings is 2. The van der Waals surface area contributed by atoms with E-state index < -0.39 is 0 Å². The first-order valence-electron chi connectivity index (χ1n) is 10.4. The molecule has 0 saturated carbocycles. The molecule has 152 valence electrons. The highest BCUT2D eigenvalue weighted by molar-refractivity contribution is 5.96. The Balaban J connectivity index is 1.31. The van der Waals surface area contributed by atoms with Crippen LogP contribution >= 0.6 is 0 Å². The lowest BCUT2D eigenvalue weighted by Gasteiger charge is -2.17. The van der Waals surface area contributed by atoms with E-state index in [0.29, 0.717) is 37.0 Å². The minimum atomic E-state index is -0.0530. The van der Waals surface area contributed by atoms with Crippen molar-refractivity contribution in [1.82, 2.24) is 15.1 Å². The number of aromatic nitrogens is 3.